The molecule has 3 nitrogen and oxygen atoms in total. The predicted molar refractivity (Wildman–Crippen MR) is 40.6 cm³/mol. The third-order valence-corrected chi connectivity index (χ3v) is 2.34. The molecule has 1 unspecified atom stereocenters. The molecule has 0 aromatic carbocycles. The first-order chi connectivity index (χ1) is 5.85. The molecule has 0 aromatic heterocycles. The zero-order valence-electron chi connectivity index (χ0n) is 6.89. The minimum Gasteiger partial charge on any atom is -0.468 e. The van der Waals surface area contributed by atoms with E-state index in [2.05, 4.69) is 4.74 Å². The normalized spacial score (nSPS) is 13.8. The van der Waals surface area contributed by atoms with Crippen molar-refractivity contribution < 1.29 is 26.9 Å². The van der Waals surface area contributed by atoms with Crippen molar-refractivity contribution in [2.45, 2.75) is 12.6 Å². The van der Waals surface area contributed by atoms with E-state index in [0.717, 1.165) is 7.11 Å². The standard InChI is InChI=1S/C6H9F3O3S/c1-12-5(10)4-13(11)3-2-6(7,8)9/h2-4H2,1H3. The number of carbonyl (C=O) groups excluding carboxylic acids is 1. The van der Waals surface area contributed by atoms with E-state index in [4.69, 9.17) is 0 Å². The van der Waals surface area contributed by atoms with E-state index in [0.29, 0.717) is 0 Å². The van der Waals surface area contributed by atoms with Crippen molar-refractivity contribution in [3.05, 3.63) is 0 Å². The lowest BCUT2D eigenvalue weighted by molar-refractivity contribution is -0.137. The second-order valence-corrected chi connectivity index (χ2v) is 3.81. The Labute approximate surface area is 75.7 Å². The second kappa shape index (κ2) is 5.21. The van der Waals surface area contributed by atoms with E-state index in [1.807, 2.05) is 0 Å². The van der Waals surface area contributed by atoms with Gasteiger partial charge in [0.15, 0.2) is 0 Å². The van der Waals surface area contributed by atoms with E-state index in [1.54, 1.807) is 0 Å². The Bertz CT molecular complexity index is 202. The van der Waals surface area contributed by atoms with Crippen LogP contribution in [0.1, 0.15) is 6.42 Å². The van der Waals surface area contributed by atoms with Crippen LogP contribution in [-0.4, -0.2) is 35.0 Å². The molecule has 0 fully saturated rings. The first kappa shape index (κ1) is 12.4. The Hall–Kier alpha value is -0.590. The van der Waals surface area contributed by atoms with Gasteiger partial charge in [-0.05, 0) is 0 Å². The first-order valence-electron chi connectivity index (χ1n) is 3.33. The van der Waals surface area contributed by atoms with Crippen LogP contribution in [0.15, 0.2) is 0 Å². The monoisotopic (exact) mass is 218 g/mol. The van der Waals surface area contributed by atoms with Gasteiger partial charge in [-0.3, -0.25) is 9.00 Å². The molecule has 7 heteroatoms. The van der Waals surface area contributed by atoms with Crippen LogP contribution in [0.4, 0.5) is 13.2 Å². The maximum absolute atomic E-state index is 11.6. The average Bonchev–Trinajstić information content (AvgIpc) is 1.99. The van der Waals surface area contributed by atoms with Gasteiger partial charge in [0.25, 0.3) is 0 Å². The summed E-state index contributed by atoms with van der Waals surface area (Å²) < 4.78 is 49.7. The molecule has 0 radical (unpaired) electrons. The number of rotatable bonds is 4. The van der Waals surface area contributed by atoms with Crippen molar-refractivity contribution in [3.63, 3.8) is 0 Å². The van der Waals surface area contributed by atoms with Crippen molar-refractivity contribution in [2.24, 2.45) is 0 Å². The SMILES string of the molecule is COC(=O)CS(=O)CCC(F)(F)F. The minimum absolute atomic E-state index is 0.480. The van der Waals surface area contributed by atoms with E-state index < -0.39 is 40.9 Å². The Kier molecular flexibility index (Phi) is 4.97. The molecule has 0 heterocycles. The maximum atomic E-state index is 11.6. The molecule has 0 amide bonds. The fraction of sp³-hybridized carbons (Fsp3) is 0.833. The Morgan fingerprint density at radius 2 is 2.00 bits per heavy atom. The van der Waals surface area contributed by atoms with Crippen molar-refractivity contribution >= 4 is 16.8 Å². The highest BCUT2D eigenvalue weighted by molar-refractivity contribution is 7.85. The number of halogens is 3. The topological polar surface area (TPSA) is 43.4 Å². The number of hydrogen-bond acceptors (Lipinski definition) is 3. The molecule has 0 saturated carbocycles. The fourth-order valence-electron chi connectivity index (χ4n) is 0.492. The average molecular weight is 218 g/mol. The van der Waals surface area contributed by atoms with Crippen molar-refractivity contribution in [1.29, 1.82) is 0 Å². The minimum atomic E-state index is -4.33. The number of alkyl halides is 3. The molecule has 0 saturated heterocycles. The molecule has 0 aromatic rings. The van der Waals surface area contributed by atoms with Crippen LogP contribution in [0.5, 0.6) is 0 Å². The van der Waals surface area contributed by atoms with E-state index in [1.165, 1.54) is 0 Å². The molecule has 0 aliphatic carbocycles. The van der Waals surface area contributed by atoms with Gasteiger partial charge in [-0.1, -0.05) is 0 Å². The fourth-order valence-corrected chi connectivity index (χ4v) is 1.48. The first-order valence-corrected chi connectivity index (χ1v) is 4.82. The van der Waals surface area contributed by atoms with Crippen molar-refractivity contribution in [2.75, 3.05) is 18.6 Å². The van der Waals surface area contributed by atoms with Gasteiger partial charge >= 0.3 is 12.1 Å². The third-order valence-electron chi connectivity index (χ3n) is 1.12. The Balaban J connectivity index is 3.70. The van der Waals surface area contributed by atoms with Crippen molar-refractivity contribution in [1.82, 2.24) is 0 Å². The van der Waals surface area contributed by atoms with Gasteiger partial charge in [-0.2, -0.15) is 13.2 Å². The zero-order valence-corrected chi connectivity index (χ0v) is 7.70. The molecule has 0 bridgehead atoms. The molecule has 1 atom stereocenters. The highest BCUT2D eigenvalue weighted by Gasteiger charge is 2.27. The summed E-state index contributed by atoms with van der Waals surface area (Å²) in [4.78, 5) is 10.5. The lowest BCUT2D eigenvalue weighted by Crippen LogP contribution is -2.18. The third kappa shape index (κ3) is 7.76. The Morgan fingerprint density at radius 1 is 1.46 bits per heavy atom. The predicted octanol–water partition coefficient (Wildman–Crippen LogP) is 0.861. The smallest absolute Gasteiger partial charge is 0.390 e. The van der Waals surface area contributed by atoms with Gasteiger partial charge < -0.3 is 4.74 Å². The molecule has 0 rings (SSSR count). The summed E-state index contributed by atoms with van der Waals surface area (Å²) in [5.74, 6) is -1.80. The molecule has 0 aliphatic rings. The largest absolute Gasteiger partial charge is 0.468 e. The van der Waals surface area contributed by atoms with Crippen LogP contribution in [0.25, 0.3) is 0 Å². The lowest BCUT2D eigenvalue weighted by atomic mass is 10.5. The van der Waals surface area contributed by atoms with Gasteiger partial charge in [0.1, 0.15) is 5.75 Å². The highest BCUT2D eigenvalue weighted by Crippen LogP contribution is 2.19. The summed E-state index contributed by atoms with van der Waals surface area (Å²) in [5.41, 5.74) is 0. The molecular weight excluding hydrogens is 209 g/mol. The van der Waals surface area contributed by atoms with Crippen LogP contribution >= 0.6 is 0 Å². The van der Waals surface area contributed by atoms with Crippen molar-refractivity contribution in [3.8, 4) is 0 Å². The molecule has 0 N–H and O–H groups in total. The molecule has 0 aliphatic heterocycles. The molecular formula is C6H9F3O3S. The number of hydrogen-bond donors (Lipinski definition) is 0. The summed E-state index contributed by atoms with van der Waals surface area (Å²) >= 11 is 0. The summed E-state index contributed by atoms with van der Waals surface area (Å²) in [7, 11) is -0.704. The summed E-state index contributed by atoms with van der Waals surface area (Å²) in [5, 5.41) is 0. The van der Waals surface area contributed by atoms with Gasteiger partial charge in [0, 0.05) is 16.6 Å². The van der Waals surface area contributed by atoms with Crippen LogP contribution in [-0.2, 0) is 20.3 Å². The lowest BCUT2D eigenvalue weighted by Gasteiger charge is -2.04. The van der Waals surface area contributed by atoms with E-state index >= 15 is 0 Å². The number of carbonyl (C=O) groups is 1. The zero-order chi connectivity index (χ0) is 10.5. The van der Waals surface area contributed by atoms with Crippen LogP contribution < -0.4 is 0 Å². The van der Waals surface area contributed by atoms with Gasteiger partial charge in [-0.15, -0.1) is 0 Å². The van der Waals surface area contributed by atoms with Gasteiger partial charge in [0.2, 0.25) is 0 Å². The quantitative estimate of drug-likeness (QED) is 0.657. The maximum Gasteiger partial charge on any atom is 0.390 e. The van der Waals surface area contributed by atoms with Crippen LogP contribution in [0.2, 0.25) is 0 Å². The van der Waals surface area contributed by atoms with Crippen LogP contribution in [0.3, 0.4) is 0 Å². The Morgan fingerprint density at radius 3 is 2.38 bits per heavy atom. The number of ether oxygens (including phenoxy) is 1. The molecule has 78 valence electrons. The van der Waals surface area contributed by atoms with E-state index in [-0.39, 0.29) is 0 Å². The number of methoxy groups -OCH3 is 1. The summed E-state index contributed by atoms with van der Waals surface area (Å²) in [6.45, 7) is 0. The highest BCUT2D eigenvalue weighted by atomic mass is 32.2. The van der Waals surface area contributed by atoms with E-state index in [9.17, 15) is 22.2 Å². The van der Waals surface area contributed by atoms with Crippen LogP contribution in [0, 0.1) is 0 Å². The van der Waals surface area contributed by atoms with Gasteiger partial charge in [-0.25, -0.2) is 0 Å². The van der Waals surface area contributed by atoms with Gasteiger partial charge in [0.05, 0.1) is 13.5 Å². The number of esters is 1. The second-order valence-electron chi connectivity index (χ2n) is 2.23. The summed E-state index contributed by atoms with van der Waals surface area (Å²) in [6, 6.07) is 0. The molecule has 0 spiro atoms. The summed E-state index contributed by atoms with van der Waals surface area (Å²) in [6.07, 6.45) is -5.47. The molecule has 13 heavy (non-hydrogen) atoms.